The summed E-state index contributed by atoms with van der Waals surface area (Å²) in [5.41, 5.74) is 7.83. The molecule has 16 heavy (non-hydrogen) atoms. The van der Waals surface area contributed by atoms with Crippen LogP contribution in [0.1, 0.15) is 13.8 Å². The lowest BCUT2D eigenvalue weighted by atomic mass is 10.1. The van der Waals surface area contributed by atoms with E-state index in [1.165, 1.54) is 5.69 Å². The summed E-state index contributed by atoms with van der Waals surface area (Å²) in [7, 11) is 0. The lowest BCUT2D eigenvalue weighted by molar-refractivity contribution is 0.199. The molecule has 1 heterocycles. The molecule has 88 valence electrons. The fourth-order valence-electron chi connectivity index (χ4n) is 2.38. The highest BCUT2D eigenvalue weighted by Crippen LogP contribution is 2.20. The van der Waals surface area contributed by atoms with Crippen LogP contribution < -0.4 is 10.6 Å². The quantitative estimate of drug-likeness (QED) is 0.770. The van der Waals surface area contributed by atoms with Gasteiger partial charge in [-0.15, -0.1) is 0 Å². The van der Waals surface area contributed by atoms with E-state index in [9.17, 15) is 0 Å². The molecule has 3 heteroatoms. The monoisotopic (exact) mass is 219 g/mol. The predicted molar refractivity (Wildman–Crippen MR) is 69.8 cm³/mol. The smallest absolute Gasteiger partial charge is 0.0368 e. The second-order valence-electron chi connectivity index (χ2n) is 4.52. The molecule has 1 aliphatic rings. The van der Waals surface area contributed by atoms with Gasteiger partial charge in [-0.1, -0.05) is 6.92 Å². The molecule has 1 aromatic carbocycles. The number of nitrogens with zero attached hydrogens (tertiary/aromatic N) is 2. The maximum absolute atomic E-state index is 5.70. The van der Waals surface area contributed by atoms with E-state index in [0.29, 0.717) is 6.04 Å². The summed E-state index contributed by atoms with van der Waals surface area (Å²) < 4.78 is 0. The van der Waals surface area contributed by atoms with E-state index < -0.39 is 0 Å². The Morgan fingerprint density at radius 2 is 1.94 bits per heavy atom. The van der Waals surface area contributed by atoms with Gasteiger partial charge in [-0.2, -0.15) is 0 Å². The van der Waals surface area contributed by atoms with Crippen molar-refractivity contribution in [1.82, 2.24) is 4.90 Å². The van der Waals surface area contributed by atoms with Crippen LogP contribution >= 0.6 is 0 Å². The van der Waals surface area contributed by atoms with Crippen LogP contribution in [-0.4, -0.2) is 37.1 Å². The average Bonchev–Trinajstić information content (AvgIpc) is 2.30. The minimum Gasteiger partial charge on any atom is -0.399 e. The fraction of sp³-hybridized carbons (Fsp3) is 0.538. The Morgan fingerprint density at radius 3 is 2.50 bits per heavy atom. The molecule has 0 aliphatic carbocycles. The molecule has 1 fully saturated rings. The van der Waals surface area contributed by atoms with Crippen molar-refractivity contribution in [3.63, 3.8) is 0 Å². The van der Waals surface area contributed by atoms with Crippen molar-refractivity contribution in [3.05, 3.63) is 24.3 Å². The molecular weight excluding hydrogens is 198 g/mol. The van der Waals surface area contributed by atoms with Crippen molar-refractivity contribution in [2.75, 3.05) is 36.8 Å². The van der Waals surface area contributed by atoms with E-state index in [2.05, 4.69) is 35.8 Å². The Morgan fingerprint density at radius 1 is 1.25 bits per heavy atom. The summed E-state index contributed by atoms with van der Waals surface area (Å²) in [4.78, 5) is 4.96. The molecule has 1 atom stereocenters. The van der Waals surface area contributed by atoms with Gasteiger partial charge in [-0.25, -0.2) is 0 Å². The number of benzene rings is 1. The molecule has 1 aromatic rings. The Hall–Kier alpha value is -1.22. The molecule has 2 N–H and O–H groups in total. The maximum atomic E-state index is 5.70. The van der Waals surface area contributed by atoms with Gasteiger partial charge in [0.15, 0.2) is 0 Å². The molecule has 0 bridgehead atoms. The SMILES string of the molecule is CCN1CCN(c2ccc(N)cc2)CC1C. The number of nitrogens with two attached hydrogens (primary N) is 1. The van der Waals surface area contributed by atoms with Gasteiger partial charge in [0.25, 0.3) is 0 Å². The van der Waals surface area contributed by atoms with Crippen LogP contribution in [0.25, 0.3) is 0 Å². The Kier molecular flexibility index (Phi) is 3.34. The van der Waals surface area contributed by atoms with E-state index >= 15 is 0 Å². The van der Waals surface area contributed by atoms with Crippen molar-refractivity contribution in [2.24, 2.45) is 0 Å². The zero-order valence-corrected chi connectivity index (χ0v) is 10.2. The normalized spacial score (nSPS) is 22.4. The van der Waals surface area contributed by atoms with Crippen LogP contribution in [0.4, 0.5) is 11.4 Å². The minimum atomic E-state index is 0.635. The first-order chi connectivity index (χ1) is 7.70. The summed E-state index contributed by atoms with van der Waals surface area (Å²) in [6.45, 7) is 9.06. The lowest BCUT2D eigenvalue weighted by Gasteiger charge is -2.40. The van der Waals surface area contributed by atoms with Crippen molar-refractivity contribution < 1.29 is 0 Å². The molecule has 0 radical (unpaired) electrons. The van der Waals surface area contributed by atoms with Crippen LogP contribution in [0, 0.1) is 0 Å². The summed E-state index contributed by atoms with van der Waals surface area (Å²) in [5.74, 6) is 0. The van der Waals surface area contributed by atoms with Crippen LogP contribution in [0.15, 0.2) is 24.3 Å². The highest BCUT2D eigenvalue weighted by atomic mass is 15.3. The van der Waals surface area contributed by atoms with Crippen LogP contribution in [-0.2, 0) is 0 Å². The topological polar surface area (TPSA) is 32.5 Å². The molecule has 1 aliphatic heterocycles. The molecule has 2 rings (SSSR count). The zero-order valence-electron chi connectivity index (χ0n) is 10.2. The van der Waals surface area contributed by atoms with Gasteiger partial charge in [0.2, 0.25) is 0 Å². The Bertz CT molecular complexity index is 334. The van der Waals surface area contributed by atoms with Gasteiger partial charge < -0.3 is 10.6 Å². The number of rotatable bonds is 2. The summed E-state index contributed by atoms with van der Waals surface area (Å²) in [6, 6.07) is 8.82. The predicted octanol–water partition coefficient (Wildman–Crippen LogP) is 1.80. The highest BCUT2D eigenvalue weighted by molar-refractivity contribution is 5.53. The van der Waals surface area contributed by atoms with E-state index in [1.54, 1.807) is 0 Å². The number of nitrogen functional groups attached to an aromatic ring is 1. The Labute approximate surface area is 97.8 Å². The van der Waals surface area contributed by atoms with E-state index in [-0.39, 0.29) is 0 Å². The van der Waals surface area contributed by atoms with Crippen molar-refractivity contribution in [1.29, 1.82) is 0 Å². The minimum absolute atomic E-state index is 0.635. The van der Waals surface area contributed by atoms with Gasteiger partial charge in [0.1, 0.15) is 0 Å². The van der Waals surface area contributed by atoms with Gasteiger partial charge in [0, 0.05) is 37.1 Å². The lowest BCUT2D eigenvalue weighted by Crippen LogP contribution is -2.51. The number of anilines is 2. The molecule has 1 unspecified atom stereocenters. The first-order valence-electron chi connectivity index (χ1n) is 6.05. The molecule has 0 spiro atoms. The third kappa shape index (κ3) is 2.30. The molecule has 3 nitrogen and oxygen atoms in total. The number of piperazine rings is 1. The Balaban J connectivity index is 2.04. The average molecular weight is 219 g/mol. The fourth-order valence-corrected chi connectivity index (χ4v) is 2.38. The third-order valence-corrected chi connectivity index (χ3v) is 3.43. The molecule has 0 aromatic heterocycles. The van der Waals surface area contributed by atoms with Crippen LogP contribution in [0.5, 0.6) is 0 Å². The number of hydrogen-bond acceptors (Lipinski definition) is 3. The second-order valence-corrected chi connectivity index (χ2v) is 4.52. The number of likely N-dealkylation sites (N-methyl/N-ethyl adjacent to an activating group) is 1. The molecular formula is C13H21N3. The van der Waals surface area contributed by atoms with Gasteiger partial charge in [-0.3, -0.25) is 4.90 Å². The summed E-state index contributed by atoms with van der Waals surface area (Å²) in [6.07, 6.45) is 0. The number of hydrogen-bond donors (Lipinski definition) is 1. The van der Waals surface area contributed by atoms with Crippen molar-refractivity contribution in [3.8, 4) is 0 Å². The van der Waals surface area contributed by atoms with Crippen LogP contribution in [0.2, 0.25) is 0 Å². The van der Waals surface area contributed by atoms with E-state index in [0.717, 1.165) is 31.9 Å². The highest BCUT2D eigenvalue weighted by Gasteiger charge is 2.22. The van der Waals surface area contributed by atoms with Crippen molar-refractivity contribution in [2.45, 2.75) is 19.9 Å². The summed E-state index contributed by atoms with van der Waals surface area (Å²) in [5, 5.41) is 0. The van der Waals surface area contributed by atoms with E-state index in [1.807, 2.05) is 12.1 Å². The van der Waals surface area contributed by atoms with E-state index in [4.69, 9.17) is 5.73 Å². The standard InChI is InChI=1S/C13H21N3/c1-3-15-8-9-16(10-11(15)2)13-6-4-12(14)5-7-13/h4-7,11H,3,8-10,14H2,1-2H3. The summed E-state index contributed by atoms with van der Waals surface area (Å²) >= 11 is 0. The molecule has 1 saturated heterocycles. The second kappa shape index (κ2) is 4.74. The first-order valence-corrected chi connectivity index (χ1v) is 6.05. The van der Waals surface area contributed by atoms with Gasteiger partial charge in [0.05, 0.1) is 0 Å². The van der Waals surface area contributed by atoms with Crippen molar-refractivity contribution >= 4 is 11.4 Å². The maximum Gasteiger partial charge on any atom is 0.0368 e. The van der Waals surface area contributed by atoms with Gasteiger partial charge >= 0.3 is 0 Å². The third-order valence-electron chi connectivity index (χ3n) is 3.43. The zero-order chi connectivity index (χ0) is 11.5. The molecule has 0 amide bonds. The van der Waals surface area contributed by atoms with Gasteiger partial charge in [-0.05, 0) is 37.7 Å². The molecule has 0 saturated carbocycles. The first kappa shape index (κ1) is 11.3. The van der Waals surface area contributed by atoms with Crippen LogP contribution in [0.3, 0.4) is 0 Å². The largest absolute Gasteiger partial charge is 0.399 e.